The molecule has 2 atom stereocenters. The molecule has 3 aliphatic rings. The third-order valence-electron chi connectivity index (χ3n) is 7.47. The molecular formula is C27H35N5O4. The molecule has 0 aliphatic carbocycles. The molecule has 0 bridgehead atoms. The van der Waals surface area contributed by atoms with Crippen LogP contribution < -0.4 is 25.0 Å². The molecule has 2 fully saturated rings. The van der Waals surface area contributed by atoms with Crippen LogP contribution in [0.2, 0.25) is 0 Å². The SMILES string of the molecule is COc1cc2c(c(N3CCN(C)CC3)c1)OC(C(=O)Nc1ccc(C3CCNC(=O)N3C)cc1)CC2. The number of amides is 3. The molecule has 36 heavy (non-hydrogen) atoms. The smallest absolute Gasteiger partial charge is 0.317 e. The van der Waals surface area contributed by atoms with Crippen molar-refractivity contribution in [2.45, 2.75) is 31.4 Å². The van der Waals surface area contributed by atoms with Crippen LogP contribution in [-0.4, -0.2) is 81.8 Å². The molecule has 0 saturated carbocycles. The Kier molecular flexibility index (Phi) is 6.91. The van der Waals surface area contributed by atoms with Crippen LogP contribution in [0, 0.1) is 0 Å². The summed E-state index contributed by atoms with van der Waals surface area (Å²) >= 11 is 0. The number of urea groups is 1. The van der Waals surface area contributed by atoms with Gasteiger partial charge in [-0.25, -0.2) is 4.79 Å². The molecule has 2 unspecified atom stereocenters. The highest BCUT2D eigenvalue weighted by Crippen LogP contribution is 2.41. The lowest BCUT2D eigenvalue weighted by molar-refractivity contribution is -0.123. The highest BCUT2D eigenvalue weighted by Gasteiger charge is 2.31. The van der Waals surface area contributed by atoms with Crippen molar-refractivity contribution >= 4 is 23.3 Å². The number of carbonyl (C=O) groups excluding carboxylic acids is 2. The molecule has 3 heterocycles. The van der Waals surface area contributed by atoms with E-state index in [9.17, 15) is 9.59 Å². The quantitative estimate of drug-likeness (QED) is 0.666. The first-order valence-electron chi connectivity index (χ1n) is 12.7. The second-order valence-corrected chi connectivity index (χ2v) is 9.83. The largest absolute Gasteiger partial charge is 0.497 e. The van der Waals surface area contributed by atoms with Gasteiger partial charge in [-0.2, -0.15) is 0 Å². The molecule has 9 nitrogen and oxygen atoms in total. The van der Waals surface area contributed by atoms with E-state index in [4.69, 9.17) is 9.47 Å². The first kappa shape index (κ1) is 24.2. The summed E-state index contributed by atoms with van der Waals surface area (Å²) in [6.07, 6.45) is 1.64. The van der Waals surface area contributed by atoms with Gasteiger partial charge in [0.25, 0.3) is 5.91 Å². The highest BCUT2D eigenvalue weighted by molar-refractivity contribution is 5.94. The maximum absolute atomic E-state index is 13.2. The molecule has 2 N–H and O–H groups in total. The maximum Gasteiger partial charge on any atom is 0.317 e. The van der Waals surface area contributed by atoms with Gasteiger partial charge in [-0.3, -0.25) is 4.79 Å². The first-order valence-corrected chi connectivity index (χ1v) is 12.7. The van der Waals surface area contributed by atoms with E-state index in [2.05, 4.69) is 27.5 Å². The van der Waals surface area contributed by atoms with E-state index in [1.165, 1.54) is 0 Å². The van der Waals surface area contributed by atoms with E-state index in [0.717, 1.165) is 73.0 Å². The molecule has 0 spiro atoms. The van der Waals surface area contributed by atoms with Crippen LogP contribution in [0.5, 0.6) is 11.5 Å². The van der Waals surface area contributed by atoms with Crippen molar-refractivity contribution < 1.29 is 19.1 Å². The van der Waals surface area contributed by atoms with Gasteiger partial charge in [-0.15, -0.1) is 0 Å². The van der Waals surface area contributed by atoms with Crippen molar-refractivity contribution in [1.82, 2.24) is 15.1 Å². The van der Waals surface area contributed by atoms with E-state index in [1.54, 1.807) is 19.1 Å². The van der Waals surface area contributed by atoms with Crippen molar-refractivity contribution in [2.24, 2.45) is 0 Å². The molecule has 5 rings (SSSR count). The van der Waals surface area contributed by atoms with E-state index in [0.29, 0.717) is 13.0 Å². The number of ether oxygens (including phenoxy) is 2. The zero-order valence-corrected chi connectivity index (χ0v) is 21.3. The number of likely N-dealkylation sites (N-methyl/N-ethyl adjacent to an activating group) is 1. The fraction of sp³-hybridized carbons (Fsp3) is 0.481. The van der Waals surface area contributed by atoms with Crippen molar-refractivity contribution in [3.63, 3.8) is 0 Å². The number of fused-ring (bicyclic) bond motifs is 1. The molecule has 3 aliphatic heterocycles. The summed E-state index contributed by atoms with van der Waals surface area (Å²) in [6.45, 7) is 4.43. The minimum absolute atomic E-state index is 0.0340. The number of nitrogens with one attached hydrogen (secondary N) is 2. The zero-order valence-electron chi connectivity index (χ0n) is 21.3. The summed E-state index contributed by atoms with van der Waals surface area (Å²) < 4.78 is 11.9. The average Bonchev–Trinajstić information content (AvgIpc) is 2.90. The summed E-state index contributed by atoms with van der Waals surface area (Å²) in [5.74, 6) is 1.46. The normalized spacial score (nSPS) is 22.4. The summed E-state index contributed by atoms with van der Waals surface area (Å²) in [5, 5.41) is 5.87. The van der Waals surface area contributed by atoms with Crippen molar-refractivity contribution in [3.05, 3.63) is 47.5 Å². The predicted molar refractivity (Wildman–Crippen MR) is 139 cm³/mol. The number of benzene rings is 2. The number of rotatable bonds is 5. The van der Waals surface area contributed by atoms with Gasteiger partial charge in [0.05, 0.1) is 18.8 Å². The van der Waals surface area contributed by atoms with Gasteiger partial charge in [0, 0.05) is 57.1 Å². The highest BCUT2D eigenvalue weighted by atomic mass is 16.5. The summed E-state index contributed by atoms with van der Waals surface area (Å²) in [7, 11) is 5.62. The second kappa shape index (κ2) is 10.3. The second-order valence-electron chi connectivity index (χ2n) is 9.83. The molecule has 0 aromatic heterocycles. The number of piperazine rings is 1. The van der Waals surface area contributed by atoms with E-state index in [-0.39, 0.29) is 18.0 Å². The Morgan fingerprint density at radius 2 is 1.83 bits per heavy atom. The summed E-state index contributed by atoms with van der Waals surface area (Å²) in [4.78, 5) is 31.5. The van der Waals surface area contributed by atoms with Crippen LogP contribution in [-0.2, 0) is 11.2 Å². The lowest BCUT2D eigenvalue weighted by Crippen LogP contribution is -2.45. The third-order valence-corrected chi connectivity index (χ3v) is 7.47. The van der Waals surface area contributed by atoms with E-state index in [1.807, 2.05) is 36.4 Å². The summed E-state index contributed by atoms with van der Waals surface area (Å²) in [6, 6.07) is 11.7. The van der Waals surface area contributed by atoms with E-state index >= 15 is 0 Å². The van der Waals surface area contributed by atoms with Gasteiger partial charge in [-0.05, 0) is 50.1 Å². The molecular weight excluding hydrogens is 458 g/mol. The molecule has 0 radical (unpaired) electrons. The van der Waals surface area contributed by atoms with Gasteiger partial charge in [0.1, 0.15) is 11.5 Å². The Morgan fingerprint density at radius 1 is 1.08 bits per heavy atom. The number of hydrogen-bond acceptors (Lipinski definition) is 6. The maximum atomic E-state index is 13.2. The topological polar surface area (TPSA) is 86.4 Å². The monoisotopic (exact) mass is 493 g/mol. The van der Waals surface area contributed by atoms with Crippen LogP contribution in [0.25, 0.3) is 0 Å². The van der Waals surface area contributed by atoms with Gasteiger partial charge in [0.15, 0.2) is 6.10 Å². The number of aryl methyl sites for hydroxylation is 1. The Bertz CT molecular complexity index is 1110. The average molecular weight is 494 g/mol. The first-order chi connectivity index (χ1) is 17.4. The predicted octanol–water partition coefficient (Wildman–Crippen LogP) is 2.87. The Labute approximate surface area is 212 Å². The number of nitrogens with zero attached hydrogens (tertiary/aromatic N) is 3. The molecule has 2 aromatic rings. The van der Waals surface area contributed by atoms with Crippen LogP contribution in [0.4, 0.5) is 16.2 Å². The minimum atomic E-state index is -0.565. The van der Waals surface area contributed by atoms with Crippen molar-refractivity contribution in [2.75, 3.05) is 64.1 Å². The van der Waals surface area contributed by atoms with Crippen LogP contribution >= 0.6 is 0 Å². The third kappa shape index (κ3) is 4.93. The number of anilines is 2. The fourth-order valence-corrected chi connectivity index (χ4v) is 5.22. The van der Waals surface area contributed by atoms with Gasteiger partial charge in [0.2, 0.25) is 0 Å². The van der Waals surface area contributed by atoms with Gasteiger partial charge in [-0.1, -0.05) is 12.1 Å². The minimum Gasteiger partial charge on any atom is -0.497 e. The molecule has 2 saturated heterocycles. The zero-order chi connectivity index (χ0) is 25.2. The van der Waals surface area contributed by atoms with Gasteiger partial charge >= 0.3 is 6.03 Å². The number of carbonyl (C=O) groups is 2. The van der Waals surface area contributed by atoms with Crippen LogP contribution in [0.3, 0.4) is 0 Å². The summed E-state index contributed by atoms with van der Waals surface area (Å²) in [5.41, 5.74) is 3.85. The standard InChI is InChI=1S/C27H35N5O4/c1-30-12-14-32(15-13-30)23-17-21(35-3)16-19-6-9-24(36-25(19)23)26(33)29-20-7-4-18(5-8-20)22-10-11-28-27(34)31(22)2/h4-5,7-8,16-17,22,24H,6,9-15H2,1-3H3,(H,28,34)(H,29,33). The van der Waals surface area contributed by atoms with Crippen LogP contribution in [0.1, 0.15) is 30.0 Å². The lowest BCUT2D eigenvalue weighted by atomic mass is 9.99. The van der Waals surface area contributed by atoms with Crippen molar-refractivity contribution in [1.29, 1.82) is 0 Å². The molecule has 3 amide bonds. The number of methoxy groups -OCH3 is 1. The molecule has 9 heteroatoms. The van der Waals surface area contributed by atoms with Gasteiger partial charge < -0.3 is 34.8 Å². The Morgan fingerprint density at radius 3 is 2.56 bits per heavy atom. The van der Waals surface area contributed by atoms with E-state index < -0.39 is 6.10 Å². The Hall–Kier alpha value is -3.46. The van der Waals surface area contributed by atoms with Crippen LogP contribution in [0.15, 0.2) is 36.4 Å². The number of hydrogen-bond donors (Lipinski definition) is 2. The molecule has 2 aromatic carbocycles. The fourth-order valence-electron chi connectivity index (χ4n) is 5.22. The lowest BCUT2D eigenvalue weighted by Gasteiger charge is -2.37. The molecule has 192 valence electrons. The Balaban J connectivity index is 1.28. The van der Waals surface area contributed by atoms with Crippen molar-refractivity contribution in [3.8, 4) is 11.5 Å².